The molecular weight excluding hydrogens is 172 g/mol. The van der Waals surface area contributed by atoms with Gasteiger partial charge in [-0.15, -0.1) is 0 Å². The molecule has 0 aliphatic heterocycles. The second-order valence-corrected chi connectivity index (χ2v) is 3.02. The molecule has 0 bridgehead atoms. The zero-order valence-electron chi connectivity index (χ0n) is 7.40. The van der Waals surface area contributed by atoms with Crippen LogP contribution in [0, 0.1) is 11.8 Å². The number of aliphatic carboxylic acids is 1. The fraction of sp³-hybridized carbons (Fsp3) is 0.556. The molecule has 0 fully saturated rings. The molecule has 0 amide bonds. The number of hydrogen-bond acceptors (Lipinski definition) is 3. The van der Waals surface area contributed by atoms with E-state index in [2.05, 4.69) is 4.74 Å². The minimum Gasteiger partial charge on any atom is -0.481 e. The van der Waals surface area contributed by atoms with Crippen LogP contribution >= 0.6 is 0 Å². The summed E-state index contributed by atoms with van der Waals surface area (Å²) in [6.07, 6.45) is 4.48. The van der Waals surface area contributed by atoms with E-state index in [4.69, 9.17) is 5.11 Å². The summed E-state index contributed by atoms with van der Waals surface area (Å²) in [5.41, 5.74) is 0. The number of rotatable bonds is 2. The Kier molecular flexibility index (Phi) is 3.06. The third-order valence-corrected chi connectivity index (χ3v) is 2.25. The van der Waals surface area contributed by atoms with Crippen molar-refractivity contribution in [1.82, 2.24) is 0 Å². The van der Waals surface area contributed by atoms with Crippen molar-refractivity contribution in [2.24, 2.45) is 11.8 Å². The lowest BCUT2D eigenvalue weighted by Gasteiger charge is -2.22. The molecule has 0 aromatic heterocycles. The lowest BCUT2D eigenvalue weighted by atomic mass is 9.83. The second kappa shape index (κ2) is 4.07. The van der Waals surface area contributed by atoms with Crippen LogP contribution in [0.1, 0.15) is 12.8 Å². The highest BCUT2D eigenvalue weighted by molar-refractivity contribution is 5.81. The summed E-state index contributed by atoms with van der Waals surface area (Å²) >= 11 is 0. The molecule has 0 spiro atoms. The number of allylic oxidation sites excluding steroid dienone is 2. The predicted molar refractivity (Wildman–Crippen MR) is 45.0 cm³/mol. The fourth-order valence-electron chi connectivity index (χ4n) is 1.50. The molecule has 4 heteroatoms. The molecule has 72 valence electrons. The van der Waals surface area contributed by atoms with Gasteiger partial charge >= 0.3 is 11.9 Å². The molecule has 1 aliphatic rings. The normalized spacial score (nSPS) is 26.8. The van der Waals surface area contributed by atoms with E-state index in [0.717, 1.165) is 0 Å². The van der Waals surface area contributed by atoms with E-state index < -0.39 is 23.8 Å². The number of hydrogen-bond donors (Lipinski definition) is 1. The number of carboxylic acid groups (broad SMARTS) is 1. The zero-order chi connectivity index (χ0) is 9.84. The summed E-state index contributed by atoms with van der Waals surface area (Å²) in [6.45, 7) is 0. The summed E-state index contributed by atoms with van der Waals surface area (Å²) in [5, 5.41) is 8.81. The molecule has 1 rings (SSSR count). The van der Waals surface area contributed by atoms with Crippen molar-refractivity contribution in [3.05, 3.63) is 12.2 Å². The van der Waals surface area contributed by atoms with Gasteiger partial charge in [0.05, 0.1) is 18.9 Å². The summed E-state index contributed by atoms with van der Waals surface area (Å²) < 4.78 is 4.53. The van der Waals surface area contributed by atoms with Crippen LogP contribution in [0.2, 0.25) is 0 Å². The number of esters is 1. The Morgan fingerprint density at radius 3 is 2.31 bits per heavy atom. The van der Waals surface area contributed by atoms with Gasteiger partial charge in [-0.1, -0.05) is 12.2 Å². The second-order valence-electron chi connectivity index (χ2n) is 3.02. The summed E-state index contributed by atoms with van der Waals surface area (Å²) in [5.74, 6) is -2.51. The average molecular weight is 184 g/mol. The first kappa shape index (κ1) is 9.77. The maximum Gasteiger partial charge on any atom is 0.309 e. The van der Waals surface area contributed by atoms with Crippen LogP contribution < -0.4 is 0 Å². The average Bonchev–Trinajstić information content (AvgIpc) is 2.16. The van der Waals surface area contributed by atoms with E-state index in [1.165, 1.54) is 7.11 Å². The van der Waals surface area contributed by atoms with Gasteiger partial charge in [-0.3, -0.25) is 9.59 Å². The predicted octanol–water partition coefficient (Wildman–Crippen LogP) is 0.826. The topological polar surface area (TPSA) is 63.6 Å². The Hall–Kier alpha value is -1.32. The van der Waals surface area contributed by atoms with Crippen molar-refractivity contribution in [3.8, 4) is 0 Å². The Balaban J connectivity index is 2.75. The van der Waals surface area contributed by atoms with Crippen LogP contribution in [0.15, 0.2) is 12.2 Å². The molecule has 1 aliphatic carbocycles. The molecule has 13 heavy (non-hydrogen) atoms. The third kappa shape index (κ3) is 2.08. The van der Waals surface area contributed by atoms with Gasteiger partial charge in [0.1, 0.15) is 0 Å². The van der Waals surface area contributed by atoms with Gasteiger partial charge in [-0.2, -0.15) is 0 Å². The minimum atomic E-state index is -0.931. The number of carboxylic acids is 1. The molecule has 1 N–H and O–H groups in total. The highest BCUT2D eigenvalue weighted by atomic mass is 16.5. The van der Waals surface area contributed by atoms with Gasteiger partial charge in [0.2, 0.25) is 0 Å². The maximum absolute atomic E-state index is 11.2. The number of methoxy groups -OCH3 is 1. The fourth-order valence-corrected chi connectivity index (χ4v) is 1.50. The molecular formula is C9H12O4. The van der Waals surface area contributed by atoms with Crippen LogP contribution in [0.4, 0.5) is 0 Å². The molecule has 0 aromatic rings. The Morgan fingerprint density at radius 2 is 1.85 bits per heavy atom. The van der Waals surface area contributed by atoms with Crippen LogP contribution in [-0.4, -0.2) is 24.2 Å². The molecule has 0 saturated carbocycles. The first-order chi connectivity index (χ1) is 6.16. The van der Waals surface area contributed by atoms with Crippen LogP contribution in [0.25, 0.3) is 0 Å². The maximum atomic E-state index is 11.2. The smallest absolute Gasteiger partial charge is 0.309 e. The van der Waals surface area contributed by atoms with E-state index in [9.17, 15) is 9.59 Å². The first-order valence-electron chi connectivity index (χ1n) is 4.12. The lowest BCUT2D eigenvalue weighted by molar-refractivity contribution is -0.155. The summed E-state index contributed by atoms with van der Waals surface area (Å²) in [4.78, 5) is 21.9. The zero-order valence-corrected chi connectivity index (χ0v) is 7.40. The molecule has 2 atom stereocenters. The van der Waals surface area contributed by atoms with Crippen molar-refractivity contribution in [1.29, 1.82) is 0 Å². The van der Waals surface area contributed by atoms with E-state index >= 15 is 0 Å². The van der Waals surface area contributed by atoms with E-state index in [1.54, 1.807) is 6.08 Å². The van der Waals surface area contributed by atoms with Gasteiger partial charge in [-0.05, 0) is 12.8 Å². The van der Waals surface area contributed by atoms with Crippen molar-refractivity contribution < 1.29 is 19.4 Å². The van der Waals surface area contributed by atoms with Crippen LogP contribution in [-0.2, 0) is 14.3 Å². The van der Waals surface area contributed by atoms with E-state index in [-0.39, 0.29) is 0 Å². The van der Waals surface area contributed by atoms with Gasteiger partial charge in [0, 0.05) is 0 Å². The monoisotopic (exact) mass is 184 g/mol. The molecule has 0 aromatic carbocycles. The van der Waals surface area contributed by atoms with Crippen molar-refractivity contribution in [3.63, 3.8) is 0 Å². The molecule has 0 heterocycles. The van der Waals surface area contributed by atoms with Crippen molar-refractivity contribution >= 4 is 11.9 Å². The van der Waals surface area contributed by atoms with E-state index in [0.29, 0.717) is 12.8 Å². The Labute approximate surface area is 76.2 Å². The summed E-state index contributed by atoms with van der Waals surface area (Å²) in [6, 6.07) is 0. The first-order valence-corrected chi connectivity index (χ1v) is 4.12. The highest BCUT2D eigenvalue weighted by Gasteiger charge is 2.34. The van der Waals surface area contributed by atoms with Crippen LogP contribution in [0.5, 0.6) is 0 Å². The highest BCUT2D eigenvalue weighted by Crippen LogP contribution is 2.26. The minimum absolute atomic E-state index is 0.412. The standard InChI is InChI=1S/C9H12O4/c1-13-9(12)7-5-3-2-4-6(7)8(10)11/h2-3,6-7H,4-5H2,1H3,(H,10,11)/t6?,7-/m0/s1. The number of carbonyl (C=O) groups is 2. The lowest BCUT2D eigenvalue weighted by Crippen LogP contribution is -2.31. The molecule has 0 radical (unpaired) electrons. The molecule has 0 saturated heterocycles. The van der Waals surface area contributed by atoms with Gasteiger partial charge in [0.25, 0.3) is 0 Å². The van der Waals surface area contributed by atoms with Crippen molar-refractivity contribution in [2.45, 2.75) is 12.8 Å². The number of ether oxygens (including phenoxy) is 1. The van der Waals surface area contributed by atoms with Gasteiger partial charge < -0.3 is 9.84 Å². The number of carbonyl (C=O) groups excluding carboxylic acids is 1. The summed E-state index contributed by atoms with van der Waals surface area (Å²) in [7, 11) is 1.28. The Bertz CT molecular complexity index is 244. The largest absolute Gasteiger partial charge is 0.481 e. The van der Waals surface area contributed by atoms with Gasteiger partial charge in [0.15, 0.2) is 0 Å². The van der Waals surface area contributed by atoms with Crippen LogP contribution in [0.3, 0.4) is 0 Å². The SMILES string of the molecule is COC(=O)[C@H]1CC=CCC1C(=O)O. The van der Waals surface area contributed by atoms with Crippen molar-refractivity contribution in [2.75, 3.05) is 7.11 Å². The quantitative estimate of drug-likeness (QED) is 0.510. The van der Waals surface area contributed by atoms with E-state index in [1.807, 2.05) is 6.08 Å². The van der Waals surface area contributed by atoms with Gasteiger partial charge in [-0.25, -0.2) is 0 Å². The molecule has 4 nitrogen and oxygen atoms in total. The Morgan fingerprint density at radius 1 is 1.31 bits per heavy atom. The third-order valence-electron chi connectivity index (χ3n) is 2.25. The molecule has 1 unspecified atom stereocenters.